The Morgan fingerprint density at radius 2 is 2.18 bits per heavy atom. The Kier molecular flexibility index (Phi) is 5.21. The monoisotopic (exact) mass is 294 g/mol. The van der Waals surface area contributed by atoms with Gasteiger partial charge in [-0.25, -0.2) is 5.43 Å². The molecule has 6 heteroatoms. The Morgan fingerprint density at radius 3 is 2.91 bits per heavy atom. The maximum atomic E-state index is 11.7. The van der Waals surface area contributed by atoms with E-state index < -0.39 is 5.91 Å². The highest BCUT2D eigenvalue weighted by Crippen LogP contribution is 2.16. The zero-order valence-electron chi connectivity index (χ0n) is 12.0. The minimum atomic E-state index is -0.406. The smallest absolute Gasteiger partial charge is 0.277 e. The van der Waals surface area contributed by atoms with Crippen molar-refractivity contribution in [2.24, 2.45) is 5.10 Å². The lowest BCUT2D eigenvalue weighted by atomic mass is 10.2. The van der Waals surface area contributed by atoms with Crippen LogP contribution in [0.5, 0.6) is 5.75 Å². The molecule has 110 valence electrons. The Labute approximate surface area is 128 Å². The summed E-state index contributed by atoms with van der Waals surface area (Å²) in [6.45, 7) is 1.55. The molecule has 2 rings (SSSR count). The summed E-state index contributed by atoms with van der Waals surface area (Å²) < 4.78 is 5.31. The van der Waals surface area contributed by atoms with Crippen molar-refractivity contribution in [3.05, 3.63) is 59.9 Å². The third-order valence-electron chi connectivity index (χ3n) is 2.79. The number of ether oxygens (including phenoxy) is 1. The van der Waals surface area contributed by atoms with Gasteiger partial charge in [0.05, 0.1) is 11.3 Å². The van der Waals surface area contributed by atoms with Gasteiger partial charge >= 0.3 is 0 Å². The van der Waals surface area contributed by atoms with Crippen LogP contribution in [0.3, 0.4) is 0 Å². The lowest BCUT2D eigenvalue weighted by molar-refractivity contribution is -0.123. The van der Waals surface area contributed by atoms with E-state index in [1.54, 1.807) is 49.6 Å². The molecule has 1 heterocycles. The van der Waals surface area contributed by atoms with Gasteiger partial charge in [0.2, 0.25) is 0 Å². The number of aromatic nitrogens is 1. The first-order valence-electron chi connectivity index (χ1n) is 6.56. The van der Waals surface area contributed by atoms with Crippen molar-refractivity contribution in [3.63, 3.8) is 0 Å². The van der Waals surface area contributed by atoms with E-state index in [0.29, 0.717) is 17.0 Å². The molecule has 0 aliphatic rings. The van der Waals surface area contributed by atoms with Gasteiger partial charge in [-0.2, -0.15) is 10.4 Å². The molecule has 1 N–H and O–H groups in total. The van der Waals surface area contributed by atoms with Crippen molar-refractivity contribution < 1.29 is 9.53 Å². The van der Waals surface area contributed by atoms with Gasteiger partial charge in [0.1, 0.15) is 11.8 Å². The van der Waals surface area contributed by atoms with Crippen LogP contribution in [0.15, 0.2) is 53.9 Å². The molecule has 0 unspecified atom stereocenters. The summed E-state index contributed by atoms with van der Waals surface area (Å²) in [6, 6.07) is 12.4. The number of rotatable bonds is 5. The molecule has 1 aromatic carbocycles. The minimum Gasteiger partial charge on any atom is -0.482 e. The number of nitrogens with zero attached hydrogens (tertiary/aromatic N) is 3. The fraction of sp³-hybridized carbons (Fsp3) is 0.125. The van der Waals surface area contributed by atoms with E-state index in [-0.39, 0.29) is 6.61 Å². The van der Waals surface area contributed by atoms with E-state index in [9.17, 15) is 4.79 Å². The standard InChI is InChI=1S/C16H14N4O2/c1-12(14-6-4-8-18-10-14)19-20-16(21)11-22-15-7-3-2-5-13(15)9-17/h2-8,10H,11H2,1H3,(H,20,21)/b19-12-. The lowest BCUT2D eigenvalue weighted by Crippen LogP contribution is -2.25. The first-order valence-corrected chi connectivity index (χ1v) is 6.56. The summed E-state index contributed by atoms with van der Waals surface area (Å²) in [6.07, 6.45) is 3.32. The lowest BCUT2D eigenvalue weighted by Gasteiger charge is -2.06. The van der Waals surface area contributed by atoms with Crippen LogP contribution in [-0.2, 0) is 4.79 Å². The number of nitrogens with one attached hydrogen (secondary N) is 1. The number of hydrazone groups is 1. The third kappa shape index (κ3) is 4.15. The predicted octanol–water partition coefficient (Wildman–Crippen LogP) is 1.87. The van der Waals surface area contributed by atoms with Gasteiger partial charge in [-0.05, 0) is 25.1 Å². The molecule has 0 aliphatic heterocycles. The Morgan fingerprint density at radius 1 is 1.36 bits per heavy atom. The molecule has 6 nitrogen and oxygen atoms in total. The molecule has 0 saturated heterocycles. The van der Waals surface area contributed by atoms with Crippen LogP contribution in [-0.4, -0.2) is 23.2 Å². The van der Waals surface area contributed by atoms with Crippen LogP contribution in [0.1, 0.15) is 18.1 Å². The summed E-state index contributed by atoms with van der Waals surface area (Å²) in [5.74, 6) is -0.0379. The van der Waals surface area contributed by atoms with E-state index in [1.807, 2.05) is 12.1 Å². The van der Waals surface area contributed by atoms with E-state index in [4.69, 9.17) is 10.00 Å². The number of hydrogen-bond acceptors (Lipinski definition) is 5. The summed E-state index contributed by atoms with van der Waals surface area (Å²) in [5.41, 5.74) is 4.24. The van der Waals surface area contributed by atoms with Crippen LogP contribution < -0.4 is 10.2 Å². The molecule has 0 aliphatic carbocycles. The number of carbonyl (C=O) groups excluding carboxylic acids is 1. The van der Waals surface area contributed by atoms with Crippen LogP contribution in [0.2, 0.25) is 0 Å². The number of para-hydroxylation sites is 1. The molecule has 0 radical (unpaired) electrons. The maximum absolute atomic E-state index is 11.7. The largest absolute Gasteiger partial charge is 0.482 e. The van der Waals surface area contributed by atoms with E-state index in [2.05, 4.69) is 15.5 Å². The average molecular weight is 294 g/mol. The van der Waals surface area contributed by atoms with Crippen molar-refractivity contribution >= 4 is 11.6 Å². The predicted molar refractivity (Wildman–Crippen MR) is 81.2 cm³/mol. The number of carbonyl (C=O) groups is 1. The zero-order valence-corrected chi connectivity index (χ0v) is 12.0. The average Bonchev–Trinajstić information content (AvgIpc) is 2.58. The first kappa shape index (κ1) is 15.2. The quantitative estimate of drug-likeness (QED) is 0.673. The van der Waals surface area contributed by atoms with Crippen LogP contribution in [0, 0.1) is 11.3 Å². The normalized spacial score (nSPS) is 10.6. The molecule has 1 amide bonds. The SMILES string of the molecule is C/C(=N/NC(=O)COc1ccccc1C#N)c1cccnc1. The molecule has 22 heavy (non-hydrogen) atoms. The number of nitriles is 1. The molecule has 0 saturated carbocycles. The van der Waals surface area contributed by atoms with Crippen molar-refractivity contribution in [3.8, 4) is 11.8 Å². The third-order valence-corrected chi connectivity index (χ3v) is 2.79. The zero-order chi connectivity index (χ0) is 15.8. The van der Waals surface area contributed by atoms with Crippen molar-refractivity contribution in [1.29, 1.82) is 5.26 Å². The first-order chi connectivity index (χ1) is 10.7. The second-order valence-corrected chi connectivity index (χ2v) is 4.37. The highest BCUT2D eigenvalue weighted by molar-refractivity contribution is 5.98. The van der Waals surface area contributed by atoms with E-state index in [0.717, 1.165) is 5.56 Å². The number of hydrogen-bond donors (Lipinski definition) is 1. The number of benzene rings is 1. The molecular weight excluding hydrogens is 280 g/mol. The summed E-state index contributed by atoms with van der Waals surface area (Å²) in [7, 11) is 0. The molecule has 1 aromatic heterocycles. The highest BCUT2D eigenvalue weighted by Gasteiger charge is 2.06. The summed E-state index contributed by atoms with van der Waals surface area (Å²) in [4.78, 5) is 15.7. The molecule has 0 bridgehead atoms. The second-order valence-electron chi connectivity index (χ2n) is 4.37. The Balaban J connectivity index is 1.90. The summed E-state index contributed by atoms with van der Waals surface area (Å²) in [5, 5.41) is 12.9. The fourth-order valence-electron chi connectivity index (χ4n) is 1.65. The molecule has 0 atom stereocenters. The minimum absolute atomic E-state index is 0.220. The number of amides is 1. The van der Waals surface area contributed by atoms with Crippen LogP contribution >= 0.6 is 0 Å². The van der Waals surface area contributed by atoms with Crippen LogP contribution in [0.4, 0.5) is 0 Å². The maximum Gasteiger partial charge on any atom is 0.277 e. The van der Waals surface area contributed by atoms with Crippen LogP contribution in [0.25, 0.3) is 0 Å². The second kappa shape index (κ2) is 7.55. The van der Waals surface area contributed by atoms with E-state index in [1.165, 1.54) is 0 Å². The highest BCUT2D eigenvalue weighted by atomic mass is 16.5. The van der Waals surface area contributed by atoms with Crippen molar-refractivity contribution in [2.75, 3.05) is 6.61 Å². The van der Waals surface area contributed by atoms with Gasteiger partial charge in [0.25, 0.3) is 5.91 Å². The molecular formula is C16H14N4O2. The van der Waals surface area contributed by atoms with E-state index >= 15 is 0 Å². The van der Waals surface area contributed by atoms with Gasteiger partial charge in [0.15, 0.2) is 6.61 Å². The van der Waals surface area contributed by atoms with Gasteiger partial charge in [-0.15, -0.1) is 0 Å². The van der Waals surface area contributed by atoms with Gasteiger partial charge in [-0.1, -0.05) is 18.2 Å². The fourth-order valence-corrected chi connectivity index (χ4v) is 1.65. The molecule has 0 spiro atoms. The Hall–Kier alpha value is -3.20. The Bertz CT molecular complexity index is 720. The molecule has 2 aromatic rings. The van der Waals surface area contributed by atoms with Gasteiger partial charge in [0, 0.05) is 18.0 Å². The van der Waals surface area contributed by atoms with Crippen molar-refractivity contribution in [2.45, 2.75) is 6.92 Å². The van der Waals surface area contributed by atoms with Gasteiger partial charge < -0.3 is 4.74 Å². The van der Waals surface area contributed by atoms with Crippen molar-refractivity contribution in [1.82, 2.24) is 10.4 Å². The molecule has 0 fully saturated rings. The van der Waals surface area contributed by atoms with Gasteiger partial charge in [-0.3, -0.25) is 9.78 Å². The summed E-state index contributed by atoms with van der Waals surface area (Å²) >= 11 is 0. The topological polar surface area (TPSA) is 87.4 Å². The number of pyridine rings is 1.